The van der Waals surface area contributed by atoms with Crippen molar-refractivity contribution < 1.29 is 4.79 Å². The summed E-state index contributed by atoms with van der Waals surface area (Å²) in [5, 5.41) is 11.8. The third-order valence-electron chi connectivity index (χ3n) is 3.25. The van der Waals surface area contributed by atoms with E-state index in [1.54, 1.807) is 12.1 Å². The number of rotatable bonds is 2. The molecule has 0 saturated carbocycles. The molecule has 0 aliphatic carbocycles. The summed E-state index contributed by atoms with van der Waals surface area (Å²) in [5.74, 6) is -0.149. The molecule has 0 fully saturated rings. The molecule has 1 N–H and O–H groups in total. The van der Waals surface area contributed by atoms with Gasteiger partial charge in [-0.05, 0) is 50.1 Å². The van der Waals surface area contributed by atoms with Gasteiger partial charge in [0.2, 0.25) is 0 Å². The summed E-state index contributed by atoms with van der Waals surface area (Å²) in [6.45, 7) is 5.77. The number of benzene rings is 2. The summed E-state index contributed by atoms with van der Waals surface area (Å²) < 4.78 is 0. The molecule has 0 heterocycles. The molecule has 2 aromatic carbocycles. The van der Waals surface area contributed by atoms with E-state index >= 15 is 0 Å². The summed E-state index contributed by atoms with van der Waals surface area (Å²) >= 11 is 0. The van der Waals surface area contributed by atoms with Gasteiger partial charge in [-0.15, -0.1) is 0 Å². The van der Waals surface area contributed by atoms with Crippen LogP contribution in [0.15, 0.2) is 36.4 Å². The molecule has 0 radical (unpaired) electrons. The van der Waals surface area contributed by atoms with E-state index in [0.717, 1.165) is 16.7 Å². The predicted molar refractivity (Wildman–Crippen MR) is 79.8 cm³/mol. The quantitative estimate of drug-likeness (QED) is 0.898. The summed E-state index contributed by atoms with van der Waals surface area (Å²) in [4.78, 5) is 12.3. The minimum absolute atomic E-state index is 0.149. The van der Waals surface area contributed by atoms with Crippen LogP contribution >= 0.6 is 0 Å². The van der Waals surface area contributed by atoms with E-state index in [2.05, 4.69) is 11.4 Å². The lowest BCUT2D eigenvalue weighted by molar-refractivity contribution is 0.102. The smallest absolute Gasteiger partial charge is 0.255 e. The molecular formula is C17H16N2O. The van der Waals surface area contributed by atoms with Gasteiger partial charge >= 0.3 is 0 Å². The van der Waals surface area contributed by atoms with Gasteiger partial charge in [0.15, 0.2) is 0 Å². The average Bonchev–Trinajstić information content (AvgIpc) is 2.43. The number of hydrogen-bond acceptors (Lipinski definition) is 2. The molecule has 0 saturated heterocycles. The van der Waals surface area contributed by atoms with Crippen LogP contribution in [0.25, 0.3) is 0 Å². The van der Waals surface area contributed by atoms with Crippen LogP contribution in [0.4, 0.5) is 5.69 Å². The Kier molecular flexibility index (Phi) is 3.86. The standard InChI is InChI=1S/C17H16N2O/c1-11-4-5-12(2)15(8-11)17(20)19-16-9-14(10-18)7-6-13(16)3/h4-9H,1-3H3,(H,19,20). The summed E-state index contributed by atoms with van der Waals surface area (Å²) in [6.07, 6.45) is 0. The zero-order valence-electron chi connectivity index (χ0n) is 11.8. The van der Waals surface area contributed by atoms with Crippen molar-refractivity contribution in [3.63, 3.8) is 0 Å². The molecule has 100 valence electrons. The van der Waals surface area contributed by atoms with Gasteiger partial charge in [-0.3, -0.25) is 4.79 Å². The Labute approximate surface area is 118 Å². The van der Waals surface area contributed by atoms with Gasteiger partial charge in [0.05, 0.1) is 11.6 Å². The Hall–Kier alpha value is -2.60. The van der Waals surface area contributed by atoms with E-state index < -0.39 is 0 Å². The van der Waals surface area contributed by atoms with Crippen molar-refractivity contribution in [3.05, 3.63) is 64.2 Å². The van der Waals surface area contributed by atoms with Gasteiger partial charge in [0.1, 0.15) is 0 Å². The van der Waals surface area contributed by atoms with Gasteiger partial charge in [0.25, 0.3) is 5.91 Å². The molecule has 1 amide bonds. The molecule has 3 nitrogen and oxygen atoms in total. The first-order valence-electron chi connectivity index (χ1n) is 6.40. The number of anilines is 1. The second kappa shape index (κ2) is 5.58. The monoisotopic (exact) mass is 264 g/mol. The Bertz CT molecular complexity index is 711. The van der Waals surface area contributed by atoms with Crippen LogP contribution in [0.3, 0.4) is 0 Å². The third kappa shape index (κ3) is 2.86. The lowest BCUT2D eigenvalue weighted by atomic mass is 10.0. The highest BCUT2D eigenvalue weighted by atomic mass is 16.1. The summed E-state index contributed by atoms with van der Waals surface area (Å²) in [6, 6.07) is 13.1. The molecule has 0 aliphatic heterocycles. The summed E-state index contributed by atoms with van der Waals surface area (Å²) in [7, 11) is 0. The highest BCUT2D eigenvalue weighted by Crippen LogP contribution is 2.19. The van der Waals surface area contributed by atoms with Crippen LogP contribution in [-0.2, 0) is 0 Å². The Morgan fingerprint density at radius 1 is 1.05 bits per heavy atom. The molecular weight excluding hydrogens is 248 g/mol. The maximum atomic E-state index is 12.3. The molecule has 20 heavy (non-hydrogen) atoms. The molecule has 0 atom stereocenters. The first kappa shape index (κ1) is 13.8. The lowest BCUT2D eigenvalue weighted by Crippen LogP contribution is -2.14. The fraction of sp³-hybridized carbons (Fsp3) is 0.176. The number of hydrogen-bond donors (Lipinski definition) is 1. The molecule has 2 rings (SSSR count). The van der Waals surface area contributed by atoms with Gasteiger partial charge in [0, 0.05) is 11.3 Å². The number of carbonyl (C=O) groups excluding carboxylic acids is 1. The fourth-order valence-electron chi connectivity index (χ4n) is 2.00. The molecule has 0 bridgehead atoms. The van der Waals surface area contributed by atoms with E-state index in [1.165, 1.54) is 0 Å². The normalized spacial score (nSPS) is 9.90. The molecule has 0 aliphatic rings. The lowest BCUT2D eigenvalue weighted by Gasteiger charge is -2.11. The van der Waals surface area contributed by atoms with Crippen molar-refractivity contribution in [3.8, 4) is 6.07 Å². The number of nitrogens with zero attached hydrogens (tertiary/aromatic N) is 1. The second-order valence-corrected chi connectivity index (χ2v) is 4.91. The van der Waals surface area contributed by atoms with E-state index in [9.17, 15) is 4.79 Å². The number of nitriles is 1. The summed E-state index contributed by atoms with van der Waals surface area (Å²) in [5.41, 5.74) is 4.78. The van der Waals surface area contributed by atoms with Crippen molar-refractivity contribution in [1.82, 2.24) is 0 Å². The van der Waals surface area contributed by atoms with E-state index in [4.69, 9.17) is 5.26 Å². The van der Waals surface area contributed by atoms with Gasteiger partial charge < -0.3 is 5.32 Å². The van der Waals surface area contributed by atoms with Crippen LogP contribution in [0.5, 0.6) is 0 Å². The molecule has 3 heteroatoms. The number of aryl methyl sites for hydroxylation is 3. The Morgan fingerprint density at radius 2 is 1.75 bits per heavy atom. The fourth-order valence-corrected chi connectivity index (χ4v) is 2.00. The van der Waals surface area contributed by atoms with Gasteiger partial charge in [-0.1, -0.05) is 23.8 Å². The van der Waals surface area contributed by atoms with E-state index in [0.29, 0.717) is 16.8 Å². The maximum absolute atomic E-state index is 12.3. The van der Waals surface area contributed by atoms with Crippen molar-refractivity contribution >= 4 is 11.6 Å². The number of amides is 1. The first-order valence-corrected chi connectivity index (χ1v) is 6.40. The Balaban J connectivity index is 2.33. The van der Waals surface area contributed by atoms with Crippen molar-refractivity contribution in [2.75, 3.05) is 5.32 Å². The molecule has 0 aromatic heterocycles. The predicted octanol–water partition coefficient (Wildman–Crippen LogP) is 3.74. The third-order valence-corrected chi connectivity index (χ3v) is 3.25. The topological polar surface area (TPSA) is 52.9 Å². The van der Waals surface area contributed by atoms with E-state index in [-0.39, 0.29) is 5.91 Å². The van der Waals surface area contributed by atoms with Gasteiger partial charge in [-0.25, -0.2) is 0 Å². The van der Waals surface area contributed by atoms with Crippen LogP contribution in [0.1, 0.15) is 32.6 Å². The van der Waals surface area contributed by atoms with Crippen LogP contribution in [0, 0.1) is 32.1 Å². The van der Waals surface area contributed by atoms with Crippen LogP contribution < -0.4 is 5.32 Å². The minimum Gasteiger partial charge on any atom is -0.322 e. The van der Waals surface area contributed by atoms with Crippen LogP contribution in [0.2, 0.25) is 0 Å². The minimum atomic E-state index is -0.149. The van der Waals surface area contributed by atoms with E-state index in [1.807, 2.05) is 45.0 Å². The second-order valence-electron chi connectivity index (χ2n) is 4.91. The zero-order valence-corrected chi connectivity index (χ0v) is 11.8. The first-order chi connectivity index (χ1) is 9.51. The average molecular weight is 264 g/mol. The molecule has 0 spiro atoms. The molecule has 2 aromatic rings. The SMILES string of the molecule is Cc1ccc(C)c(C(=O)Nc2cc(C#N)ccc2C)c1. The number of nitrogens with one attached hydrogen (secondary N) is 1. The highest BCUT2D eigenvalue weighted by Gasteiger charge is 2.11. The maximum Gasteiger partial charge on any atom is 0.255 e. The Morgan fingerprint density at radius 3 is 2.45 bits per heavy atom. The number of carbonyl (C=O) groups is 1. The van der Waals surface area contributed by atoms with Crippen LogP contribution in [-0.4, -0.2) is 5.91 Å². The van der Waals surface area contributed by atoms with Gasteiger partial charge in [-0.2, -0.15) is 5.26 Å². The highest BCUT2D eigenvalue weighted by molar-refractivity contribution is 6.05. The molecule has 0 unspecified atom stereocenters. The van der Waals surface area contributed by atoms with Crippen molar-refractivity contribution in [2.24, 2.45) is 0 Å². The van der Waals surface area contributed by atoms with Crippen molar-refractivity contribution in [2.45, 2.75) is 20.8 Å². The largest absolute Gasteiger partial charge is 0.322 e. The zero-order chi connectivity index (χ0) is 14.7. The van der Waals surface area contributed by atoms with Crippen molar-refractivity contribution in [1.29, 1.82) is 5.26 Å².